The van der Waals surface area contributed by atoms with Gasteiger partial charge in [-0.3, -0.25) is 0 Å². The number of rotatable bonds is 2. The Morgan fingerprint density at radius 2 is 1.88 bits per heavy atom. The molecular formula is C15H15Cl. The van der Waals surface area contributed by atoms with E-state index >= 15 is 0 Å². The quantitative estimate of drug-likeness (QED) is 0.690. The summed E-state index contributed by atoms with van der Waals surface area (Å²) in [6, 6.07) is 14.6. The molecule has 1 heteroatoms. The van der Waals surface area contributed by atoms with Gasteiger partial charge in [0.25, 0.3) is 0 Å². The predicted octanol–water partition coefficient (Wildman–Crippen LogP) is 4.88. The standard InChI is InChI=1S/C15H15Cl/c1-3-12-8-7-11(2)15(9-12)13-5-4-6-14(16)10-13/h4-10H,3H2,1-2H3. The molecule has 0 saturated carbocycles. The number of aryl methyl sites for hydroxylation is 2. The molecule has 0 saturated heterocycles. The fraction of sp³-hybridized carbons (Fsp3) is 0.200. The minimum absolute atomic E-state index is 0.791. The molecule has 0 aliphatic rings. The van der Waals surface area contributed by atoms with E-state index < -0.39 is 0 Å². The fourth-order valence-electron chi connectivity index (χ4n) is 1.86. The van der Waals surface area contributed by atoms with Gasteiger partial charge in [-0.15, -0.1) is 0 Å². The van der Waals surface area contributed by atoms with Crippen molar-refractivity contribution >= 4 is 11.6 Å². The van der Waals surface area contributed by atoms with E-state index in [0.717, 1.165) is 11.4 Å². The van der Waals surface area contributed by atoms with Crippen molar-refractivity contribution in [2.75, 3.05) is 0 Å². The van der Waals surface area contributed by atoms with Gasteiger partial charge in [-0.1, -0.05) is 48.9 Å². The molecular weight excluding hydrogens is 216 g/mol. The van der Waals surface area contributed by atoms with Gasteiger partial charge in [-0.05, 0) is 47.7 Å². The first kappa shape index (κ1) is 11.2. The van der Waals surface area contributed by atoms with Gasteiger partial charge in [-0.25, -0.2) is 0 Å². The van der Waals surface area contributed by atoms with Gasteiger partial charge < -0.3 is 0 Å². The summed E-state index contributed by atoms with van der Waals surface area (Å²) < 4.78 is 0. The molecule has 2 aromatic carbocycles. The highest BCUT2D eigenvalue weighted by Gasteiger charge is 2.03. The van der Waals surface area contributed by atoms with Crippen LogP contribution in [0.25, 0.3) is 11.1 Å². The molecule has 82 valence electrons. The van der Waals surface area contributed by atoms with Crippen LogP contribution in [0, 0.1) is 6.92 Å². The summed E-state index contributed by atoms with van der Waals surface area (Å²) in [4.78, 5) is 0. The van der Waals surface area contributed by atoms with E-state index in [4.69, 9.17) is 11.6 Å². The minimum Gasteiger partial charge on any atom is -0.0843 e. The SMILES string of the molecule is CCc1ccc(C)c(-c2cccc(Cl)c2)c1. The maximum Gasteiger partial charge on any atom is 0.0412 e. The molecule has 0 atom stereocenters. The molecule has 0 nitrogen and oxygen atoms in total. The van der Waals surface area contributed by atoms with Crippen LogP contribution in [-0.2, 0) is 6.42 Å². The molecule has 0 fully saturated rings. The molecule has 0 aliphatic carbocycles. The van der Waals surface area contributed by atoms with Gasteiger partial charge >= 0.3 is 0 Å². The molecule has 0 heterocycles. The Balaban J connectivity index is 2.54. The van der Waals surface area contributed by atoms with E-state index in [2.05, 4.69) is 38.1 Å². The number of hydrogen-bond acceptors (Lipinski definition) is 0. The second-order valence-electron chi connectivity index (χ2n) is 4.01. The maximum absolute atomic E-state index is 6.02. The second-order valence-corrected chi connectivity index (χ2v) is 4.45. The van der Waals surface area contributed by atoms with Crippen molar-refractivity contribution < 1.29 is 0 Å². The van der Waals surface area contributed by atoms with E-state index in [1.165, 1.54) is 22.3 Å². The van der Waals surface area contributed by atoms with Gasteiger partial charge in [0.05, 0.1) is 0 Å². The van der Waals surface area contributed by atoms with Crippen LogP contribution in [-0.4, -0.2) is 0 Å². The van der Waals surface area contributed by atoms with Gasteiger partial charge in [-0.2, -0.15) is 0 Å². The Hall–Kier alpha value is -1.27. The summed E-state index contributed by atoms with van der Waals surface area (Å²) in [7, 11) is 0. The minimum atomic E-state index is 0.791. The summed E-state index contributed by atoms with van der Waals surface area (Å²) in [5.74, 6) is 0. The molecule has 0 radical (unpaired) electrons. The summed E-state index contributed by atoms with van der Waals surface area (Å²) in [5.41, 5.74) is 5.13. The monoisotopic (exact) mass is 230 g/mol. The Labute approximate surface area is 102 Å². The summed E-state index contributed by atoms with van der Waals surface area (Å²) in [5, 5.41) is 0.791. The third kappa shape index (κ3) is 2.28. The van der Waals surface area contributed by atoms with E-state index in [1.54, 1.807) is 0 Å². The van der Waals surface area contributed by atoms with Crippen molar-refractivity contribution in [3.05, 3.63) is 58.6 Å². The smallest absolute Gasteiger partial charge is 0.0412 e. The van der Waals surface area contributed by atoms with Crippen LogP contribution < -0.4 is 0 Å². The highest BCUT2D eigenvalue weighted by molar-refractivity contribution is 6.30. The topological polar surface area (TPSA) is 0 Å². The summed E-state index contributed by atoms with van der Waals surface area (Å²) in [6.45, 7) is 4.31. The lowest BCUT2D eigenvalue weighted by Gasteiger charge is -2.08. The largest absolute Gasteiger partial charge is 0.0843 e. The van der Waals surface area contributed by atoms with Gasteiger partial charge in [0.2, 0.25) is 0 Å². The maximum atomic E-state index is 6.02. The van der Waals surface area contributed by atoms with Gasteiger partial charge in [0, 0.05) is 5.02 Å². The lowest BCUT2D eigenvalue weighted by atomic mass is 9.97. The van der Waals surface area contributed by atoms with Crippen LogP contribution in [0.4, 0.5) is 0 Å². The summed E-state index contributed by atoms with van der Waals surface area (Å²) in [6.07, 6.45) is 1.06. The van der Waals surface area contributed by atoms with E-state index in [9.17, 15) is 0 Å². The molecule has 0 unspecified atom stereocenters. The molecule has 2 rings (SSSR count). The van der Waals surface area contributed by atoms with E-state index in [1.807, 2.05) is 18.2 Å². The van der Waals surface area contributed by atoms with Crippen molar-refractivity contribution in [1.29, 1.82) is 0 Å². The van der Waals surface area contributed by atoms with Gasteiger partial charge in [0.1, 0.15) is 0 Å². The normalized spacial score (nSPS) is 10.4. The Morgan fingerprint density at radius 3 is 2.56 bits per heavy atom. The zero-order valence-electron chi connectivity index (χ0n) is 9.63. The predicted molar refractivity (Wildman–Crippen MR) is 71.0 cm³/mol. The fourth-order valence-corrected chi connectivity index (χ4v) is 2.05. The van der Waals surface area contributed by atoms with E-state index in [-0.39, 0.29) is 0 Å². The van der Waals surface area contributed by atoms with Crippen molar-refractivity contribution in [3.8, 4) is 11.1 Å². The number of halogens is 1. The van der Waals surface area contributed by atoms with Crippen molar-refractivity contribution in [3.63, 3.8) is 0 Å². The Kier molecular flexibility index (Phi) is 3.31. The zero-order chi connectivity index (χ0) is 11.5. The summed E-state index contributed by atoms with van der Waals surface area (Å²) >= 11 is 6.02. The molecule has 0 spiro atoms. The van der Waals surface area contributed by atoms with Gasteiger partial charge in [0.15, 0.2) is 0 Å². The van der Waals surface area contributed by atoms with Crippen LogP contribution in [0.2, 0.25) is 5.02 Å². The van der Waals surface area contributed by atoms with Crippen LogP contribution >= 0.6 is 11.6 Å². The zero-order valence-corrected chi connectivity index (χ0v) is 10.4. The van der Waals surface area contributed by atoms with Crippen molar-refractivity contribution in [1.82, 2.24) is 0 Å². The first-order chi connectivity index (χ1) is 7.70. The van der Waals surface area contributed by atoms with Crippen LogP contribution in [0.15, 0.2) is 42.5 Å². The van der Waals surface area contributed by atoms with Crippen molar-refractivity contribution in [2.45, 2.75) is 20.3 Å². The lowest BCUT2D eigenvalue weighted by Crippen LogP contribution is -1.87. The molecule has 0 N–H and O–H groups in total. The second kappa shape index (κ2) is 4.71. The molecule has 0 amide bonds. The van der Waals surface area contributed by atoms with E-state index in [0.29, 0.717) is 0 Å². The number of hydrogen-bond donors (Lipinski definition) is 0. The Bertz CT molecular complexity index is 501. The highest BCUT2D eigenvalue weighted by Crippen LogP contribution is 2.26. The third-order valence-corrected chi connectivity index (χ3v) is 3.08. The average molecular weight is 231 g/mol. The Morgan fingerprint density at radius 1 is 1.06 bits per heavy atom. The molecule has 0 aliphatic heterocycles. The third-order valence-electron chi connectivity index (χ3n) is 2.85. The molecule has 0 aromatic heterocycles. The first-order valence-corrected chi connectivity index (χ1v) is 5.94. The molecule has 2 aromatic rings. The van der Waals surface area contributed by atoms with Crippen LogP contribution in [0.5, 0.6) is 0 Å². The average Bonchev–Trinajstić information content (AvgIpc) is 2.30. The van der Waals surface area contributed by atoms with Crippen LogP contribution in [0.1, 0.15) is 18.1 Å². The molecule has 16 heavy (non-hydrogen) atoms. The van der Waals surface area contributed by atoms with Crippen LogP contribution in [0.3, 0.4) is 0 Å². The van der Waals surface area contributed by atoms with Crippen molar-refractivity contribution in [2.24, 2.45) is 0 Å². The lowest BCUT2D eigenvalue weighted by molar-refractivity contribution is 1.14. The highest BCUT2D eigenvalue weighted by atomic mass is 35.5. The first-order valence-electron chi connectivity index (χ1n) is 5.56. The molecule has 0 bridgehead atoms. The number of benzene rings is 2.